The Morgan fingerprint density at radius 1 is 1.23 bits per heavy atom. The van der Waals surface area contributed by atoms with Crippen LogP contribution in [0.15, 0.2) is 30.3 Å². The number of benzene rings is 1. The van der Waals surface area contributed by atoms with Crippen LogP contribution in [0.1, 0.15) is 37.4 Å². The van der Waals surface area contributed by atoms with Crippen molar-refractivity contribution in [3.05, 3.63) is 47.4 Å². The van der Waals surface area contributed by atoms with Crippen molar-refractivity contribution in [1.29, 1.82) is 0 Å². The van der Waals surface area contributed by atoms with Crippen molar-refractivity contribution in [2.45, 2.75) is 32.3 Å². The van der Waals surface area contributed by atoms with Crippen molar-refractivity contribution in [2.75, 3.05) is 17.6 Å². The first-order valence-electron chi connectivity index (χ1n) is 9.10. The number of carboxylic acid groups (broad SMARTS) is 1. The summed E-state index contributed by atoms with van der Waals surface area (Å²) in [5.74, 6) is -1.81. The highest BCUT2D eigenvalue weighted by atomic mass is 32.2. The number of aliphatic hydroxyl groups excluding tert-OH is 1. The standard InChI is InChI=1S/C20H24FN3O5S/c1-12(2)18-16(10-9-15(25)11-17(26)27)19(13-5-7-14(21)8-6-13)23-20(22-18)24(3)30(4,28)29/h5-10,12,15,25H,11H2,1-4H3,(H,26,27). The van der Waals surface area contributed by atoms with E-state index in [1.54, 1.807) is 0 Å². The van der Waals surface area contributed by atoms with Gasteiger partial charge in [-0.05, 0) is 30.2 Å². The Labute approximate surface area is 174 Å². The number of aliphatic hydroxyl groups is 1. The van der Waals surface area contributed by atoms with Crippen molar-refractivity contribution in [3.63, 3.8) is 0 Å². The second-order valence-corrected chi connectivity index (χ2v) is 9.10. The van der Waals surface area contributed by atoms with Gasteiger partial charge in [-0.3, -0.25) is 4.79 Å². The van der Waals surface area contributed by atoms with Crippen molar-refractivity contribution < 1.29 is 27.8 Å². The zero-order valence-electron chi connectivity index (χ0n) is 17.1. The van der Waals surface area contributed by atoms with Gasteiger partial charge in [0.05, 0.1) is 30.2 Å². The lowest BCUT2D eigenvalue weighted by Gasteiger charge is -2.20. The average Bonchev–Trinajstić information content (AvgIpc) is 2.64. The van der Waals surface area contributed by atoms with Gasteiger partial charge in [0.2, 0.25) is 16.0 Å². The van der Waals surface area contributed by atoms with E-state index in [1.807, 2.05) is 13.8 Å². The van der Waals surface area contributed by atoms with E-state index in [-0.39, 0.29) is 11.9 Å². The highest BCUT2D eigenvalue weighted by Crippen LogP contribution is 2.31. The van der Waals surface area contributed by atoms with Crippen LogP contribution in [-0.4, -0.2) is 54.0 Å². The molecule has 8 nitrogen and oxygen atoms in total. The molecule has 0 saturated carbocycles. The number of carboxylic acids is 1. The highest BCUT2D eigenvalue weighted by Gasteiger charge is 2.22. The summed E-state index contributed by atoms with van der Waals surface area (Å²) in [7, 11) is -2.30. The lowest BCUT2D eigenvalue weighted by atomic mass is 9.97. The highest BCUT2D eigenvalue weighted by molar-refractivity contribution is 7.92. The number of anilines is 1. The molecule has 0 amide bonds. The molecule has 2 aromatic rings. The largest absolute Gasteiger partial charge is 0.481 e. The summed E-state index contributed by atoms with van der Waals surface area (Å²) >= 11 is 0. The first-order valence-corrected chi connectivity index (χ1v) is 10.9. The van der Waals surface area contributed by atoms with Crippen molar-refractivity contribution in [3.8, 4) is 11.3 Å². The number of rotatable bonds is 8. The van der Waals surface area contributed by atoms with Gasteiger partial charge in [-0.15, -0.1) is 0 Å². The van der Waals surface area contributed by atoms with Gasteiger partial charge in [-0.2, -0.15) is 0 Å². The minimum atomic E-state index is -3.63. The van der Waals surface area contributed by atoms with Gasteiger partial charge >= 0.3 is 5.97 Å². The van der Waals surface area contributed by atoms with E-state index < -0.39 is 34.3 Å². The third-order valence-corrected chi connectivity index (χ3v) is 5.43. The molecule has 0 spiro atoms. The Bertz CT molecular complexity index is 1050. The van der Waals surface area contributed by atoms with Crippen molar-refractivity contribution in [2.24, 2.45) is 0 Å². The lowest BCUT2D eigenvalue weighted by Crippen LogP contribution is -2.27. The Kier molecular flexibility index (Phi) is 7.27. The molecular formula is C20H24FN3O5S. The number of halogens is 1. The summed E-state index contributed by atoms with van der Waals surface area (Å²) in [5, 5.41) is 18.8. The minimum Gasteiger partial charge on any atom is -0.481 e. The van der Waals surface area contributed by atoms with Gasteiger partial charge in [-0.25, -0.2) is 27.1 Å². The van der Waals surface area contributed by atoms with Crippen LogP contribution in [0.3, 0.4) is 0 Å². The predicted octanol–water partition coefficient (Wildman–Crippen LogP) is 2.65. The van der Waals surface area contributed by atoms with Gasteiger partial charge < -0.3 is 10.2 Å². The maximum absolute atomic E-state index is 13.4. The molecule has 0 aliphatic carbocycles. The maximum atomic E-state index is 13.4. The molecule has 1 unspecified atom stereocenters. The van der Waals surface area contributed by atoms with E-state index in [0.29, 0.717) is 22.5 Å². The van der Waals surface area contributed by atoms with Gasteiger partial charge in [0.1, 0.15) is 5.82 Å². The second-order valence-electron chi connectivity index (χ2n) is 7.09. The van der Waals surface area contributed by atoms with Crippen LogP contribution in [0.4, 0.5) is 10.3 Å². The van der Waals surface area contributed by atoms with Gasteiger partial charge in [0, 0.05) is 18.2 Å². The molecule has 1 atom stereocenters. The molecule has 0 fully saturated rings. The number of hydrogen-bond acceptors (Lipinski definition) is 6. The SMILES string of the molecule is CC(C)c1nc(N(C)S(C)(=O)=O)nc(-c2ccc(F)cc2)c1C=CC(O)CC(=O)O. The van der Waals surface area contributed by atoms with E-state index in [9.17, 15) is 22.7 Å². The van der Waals surface area contributed by atoms with Gasteiger partial charge in [0.15, 0.2) is 0 Å². The smallest absolute Gasteiger partial charge is 0.306 e. The predicted molar refractivity (Wildman–Crippen MR) is 112 cm³/mol. The molecular weight excluding hydrogens is 413 g/mol. The molecule has 2 N–H and O–H groups in total. The van der Waals surface area contributed by atoms with E-state index in [2.05, 4.69) is 9.97 Å². The molecule has 0 aliphatic rings. The first kappa shape index (κ1) is 23.4. The van der Waals surface area contributed by atoms with Crippen LogP contribution in [0.2, 0.25) is 0 Å². The number of aromatic nitrogens is 2. The van der Waals surface area contributed by atoms with Crippen LogP contribution >= 0.6 is 0 Å². The molecule has 30 heavy (non-hydrogen) atoms. The van der Waals surface area contributed by atoms with Gasteiger partial charge in [0.25, 0.3) is 0 Å². The minimum absolute atomic E-state index is 0.0521. The number of sulfonamides is 1. The summed E-state index contributed by atoms with van der Waals surface area (Å²) in [5.41, 5.74) is 1.81. The average molecular weight is 437 g/mol. The summed E-state index contributed by atoms with van der Waals surface area (Å²) in [4.78, 5) is 19.6. The monoisotopic (exact) mass is 437 g/mol. The Morgan fingerprint density at radius 2 is 1.83 bits per heavy atom. The van der Waals surface area contributed by atoms with Crippen LogP contribution in [0, 0.1) is 5.82 Å². The summed E-state index contributed by atoms with van der Waals surface area (Å²) in [6.07, 6.45) is 2.13. The van der Waals surface area contributed by atoms with Crippen LogP contribution < -0.4 is 4.31 Å². The molecule has 0 aliphatic heterocycles. The summed E-state index contributed by atoms with van der Waals surface area (Å²) in [6, 6.07) is 5.49. The summed E-state index contributed by atoms with van der Waals surface area (Å²) < 4.78 is 38.4. The maximum Gasteiger partial charge on any atom is 0.306 e. The molecule has 1 aromatic heterocycles. The third-order valence-electron chi connectivity index (χ3n) is 4.28. The third kappa shape index (κ3) is 5.83. The zero-order chi connectivity index (χ0) is 22.6. The molecule has 0 bridgehead atoms. The fourth-order valence-electron chi connectivity index (χ4n) is 2.65. The molecule has 0 saturated heterocycles. The molecule has 1 aromatic carbocycles. The summed E-state index contributed by atoms with van der Waals surface area (Å²) in [6.45, 7) is 3.71. The van der Waals surface area contributed by atoms with E-state index >= 15 is 0 Å². The number of hydrogen-bond donors (Lipinski definition) is 2. The molecule has 2 rings (SSSR count). The zero-order valence-corrected chi connectivity index (χ0v) is 17.9. The number of nitrogens with zero attached hydrogens (tertiary/aromatic N) is 3. The number of carbonyl (C=O) groups is 1. The van der Waals surface area contributed by atoms with E-state index in [1.165, 1.54) is 43.5 Å². The molecule has 10 heteroatoms. The first-order chi connectivity index (χ1) is 13.9. The Morgan fingerprint density at radius 3 is 2.33 bits per heavy atom. The van der Waals surface area contributed by atoms with Gasteiger partial charge in [-0.1, -0.05) is 26.0 Å². The second kappa shape index (κ2) is 9.31. The van der Waals surface area contributed by atoms with Crippen molar-refractivity contribution in [1.82, 2.24) is 9.97 Å². The van der Waals surface area contributed by atoms with E-state index in [4.69, 9.17) is 5.11 Å². The van der Waals surface area contributed by atoms with Crippen molar-refractivity contribution >= 4 is 28.0 Å². The molecule has 1 heterocycles. The topological polar surface area (TPSA) is 121 Å². The van der Waals surface area contributed by atoms with E-state index in [0.717, 1.165) is 10.6 Å². The van der Waals surface area contributed by atoms with Crippen LogP contribution in [-0.2, 0) is 14.8 Å². The van der Waals surface area contributed by atoms with Crippen LogP contribution in [0.25, 0.3) is 17.3 Å². The quantitative estimate of drug-likeness (QED) is 0.651. The Balaban J connectivity index is 2.74. The van der Waals surface area contributed by atoms with Crippen LogP contribution in [0.5, 0.6) is 0 Å². The lowest BCUT2D eigenvalue weighted by molar-refractivity contribution is -0.138. The number of aliphatic carboxylic acids is 1. The fourth-order valence-corrected chi connectivity index (χ4v) is 3.03. The molecule has 0 radical (unpaired) electrons. The molecule has 162 valence electrons. The fraction of sp³-hybridized carbons (Fsp3) is 0.350. The Hall–Kier alpha value is -2.85. The normalized spacial score (nSPS) is 13.0.